The van der Waals surface area contributed by atoms with E-state index in [0.29, 0.717) is 6.07 Å². The van der Waals surface area contributed by atoms with Gasteiger partial charge in [-0.25, -0.2) is 13.6 Å². The fourth-order valence-electron chi connectivity index (χ4n) is 1.55. The topological polar surface area (TPSA) is 62.2 Å². The summed E-state index contributed by atoms with van der Waals surface area (Å²) in [5.41, 5.74) is 0.154. The molecule has 1 aromatic heterocycles. The zero-order valence-electron chi connectivity index (χ0n) is 9.73. The van der Waals surface area contributed by atoms with Crippen molar-refractivity contribution < 1.29 is 18.7 Å². The molecule has 0 atom stereocenters. The van der Waals surface area contributed by atoms with Crippen LogP contribution in [0.4, 0.5) is 14.5 Å². The number of halogens is 2. The van der Waals surface area contributed by atoms with Crippen LogP contribution in [0.15, 0.2) is 36.7 Å². The van der Waals surface area contributed by atoms with Gasteiger partial charge in [0.2, 0.25) is 0 Å². The maximum Gasteiger partial charge on any atom is 0.338 e. The third-order valence-corrected chi connectivity index (χ3v) is 2.49. The lowest BCUT2D eigenvalue weighted by Crippen LogP contribution is -2.06. The van der Waals surface area contributed by atoms with Crippen molar-refractivity contribution in [3.8, 4) is 0 Å². The summed E-state index contributed by atoms with van der Waals surface area (Å²) in [6.07, 6.45) is 3.19. The SMILES string of the molecule is O=C(O)c1cc(NCc2cccnc2)c(F)cc1F. The Morgan fingerprint density at radius 2 is 2.11 bits per heavy atom. The quantitative estimate of drug-likeness (QED) is 0.891. The van der Waals surface area contributed by atoms with Crippen LogP contribution in [0.3, 0.4) is 0 Å². The van der Waals surface area contributed by atoms with Gasteiger partial charge in [0.15, 0.2) is 0 Å². The van der Waals surface area contributed by atoms with Gasteiger partial charge in [-0.15, -0.1) is 0 Å². The molecule has 0 bridgehead atoms. The Kier molecular flexibility index (Phi) is 3.70. The third-order valence-electron chi connectivity index (χ3n) is 2.49. The van der Waals surface area contributed by atoms with E-state index in [4.69, 9.17) is 5.11 Å². The van der Waals surface area contributed by atoms with Gasteiger partial charge in [-0.2, -0.15) is 0 Å². The van der Waals surface area contributed by atoms with E-state index in [2.05, 4.69) is 10.3 Å². The van der Waals surface area contributed by atoms with Crippen LogP contribution in [0.1, 0.15) is 15.9 Å². The number of pyridine rings is 1. The third kappa shape index (κ3) is 3.04. The summed E-state index contributed by atoms with van der Waals surface area (Å²) in [5.74, 6) is -3.38. The smallest absolute Gasteiger partial charge is 0.338 e. The van der Waals surface area contributed by atoms with Gasteiger partial charge < -0.3 is 10.4 Å². The van der Waals surface area contributed by atoms with Gasteiger partial charge >= 0.3 is 5.97 Å². The van der Waals surface area contributed by atoms with E-state index in [-0.39, 0.29) is 12.2 Å². The van der Waals surface area contributed by atoms with Crippen LogP contribution in [0, 0.1) is 11.6 Å². The molecule has 0 saturated carbocycles. The lowest BCUT2D eigenvalue weighted by Gasteiger charge is -2.09. The highest BCUT2D eigenvalue weighted by molar-refractivity contribution is 5.89. The van der Waals surface area contributed by atoms with Gasteiger partial charge in [-0.3, -0.25) is 4.98 Å². The minimum atomic E-state index is -1.44. The maximum absolute atomic E-state index is 13.5. The van der Waals surface area contributed by atoms with Crippen LogP contribution in [-0.2, 0) is 6.54 Å². The molecule has 1 aromatic carbocycles. The van der Waals surface area contributed by atoms with Crippen molar-refractivity contribution in [3.63, 3.8) is 0 Å². The number of carbonyl (C=O) groups is 1. The molecule has 0 amide bonds. The molecule has 2 rings (SSSR count). The molecular formula is C13H10F2N2O2. The number of aromatic nitrogens is 1. The van der Waals surface area contributed by atoms with E-state index in [9.17, 15) is 13.6 Å². The van der Waals surface area contributed by atoms with Crippen molar-refractivity contribution in [3.05, 3.63) is 59.4 Å². The molecule has 19 heavy (non-hydrogen) atoms. The van der Waals surface area contributed by atoms with Gasteiger partial charge in [0.1, 0.15) is 11.6 Å². The van der Waals surface area contributed by atoms with E-state index < -0.39 is 23.2 Å². The Labute approximate surface area is 107 Å². The van der Waals surface area contributed by atoms with Crippen LogP contribution >= 0.6 is 0 Å². The second kappa shape index (κ2) is 5.43. The maximum atomic E-state index is 13.5. The minimum Gasteiger partial charge on any atom is -0.478 e. The van der Waals surface area contributed by atoms with Crippen molar-refractivity contribution in [1.82, 2.24) is 4.98 Å². The number of benzene rings is 1. The number of rotatable bonds is 4. The predicted molar refractivity (Wildman–Crippen MR) is 64.9 cm³/mol. The molecule has 1 heterocycles. The van der Waals surface area contributed by atoms with E-state index in [1.54, 1.807) is 24.5 Å². The lowest BCUT2D eigenvalue weighted by atomic mass is 10.1. The van der Waals surface area contributed by atoms with E-state index in [1.165, 1.54) is 0 Å². The number of hydrogen-bond donors (Lipinski definition) is 2. The normalized spacial score (nSPS) is 10.2. The van der Waals surface area contributed by atoms with Crippen molar-refractivity contribution in [2.75, 3.05) is 5.32 Å². The molecule has 0 fully saturated rings. The molecule has 0 aliphatic heterocycles. The summed E-state index contributed by atoms with van der Waals surface area (Å²) in [4.78, 5) is 14.7. The van der Waals surface area contributed by atoms with Crippen molar-refractivity contribution in [2.45, 2.75) is 6.54 Å². The number of carboxylic acids is 1. The highest BCUT2D eigenvalue weighted by Crippen LogP contribution is 2.20. The fraction of sp³-hybridized carbons (Fsp3) is 0.0769. The Bertz CT molecular complexity index is 603. The first-order valence-electron chi connectivity index (χ1n) is 5.43. The Morgan fingerprint density at radius 3 is 2.74 bits per heavy atom. The van der Waals surface area contributed by atoms with E-state index in [1.807, 2.05) is 0 Å². The highest BCUT2D eigenvalue weighted by atomic mass is 19.1. The molecule has 98 valence electrons. The Hall–Kier alpha value is -2.50. The summed E-state index contributed by atoms with van der Waals surface area (Å²) in [6, 6.07) is 4.98. The molecule has 4 nitrogen and oxygen atoms in total. The first-order chi connectivity index (χ1) is 9.08. The zero-order chi connectivity index (χ0) is 13.8. The number of carboxylic acid groups (broad SMARTS) is 1. The van der Waals surface area contributed by atoms with Crippen LogP contribution in [0.25, 0.3) is 0 Å². The zero-order valence-corrected chi connectivity index (χ0v) is 9.73. The molecule has 0 aliphatic carbocycles. The first kappa shape index (κ1) is 12.9. The first-order valence-corrected chi connectivity index (χ1v) is 5.43. The summed E-state index contributed by atoms with van der Waals surface area (Å²) in [6.45, 7) is 0.259. The molecule has 0 saturated heterocycles. The van der Waals surface area contributed by atoms with Crippen molar-refractivity contribution in [2.24, 2.45) is 0 Å². The fourth-order valence-corrected chi connectivity index (χ4v) is 1.55. The summed E-state index contributed by atoms with van der Waals surface area (Å²) in [7, 11) is 0. The Balaban J connectivity index is 2.21. The van der Waals surface area contributed by atoms with E-state index in [0.717, 1.165) is 11.6 Å². The summed E-state index contributed by atoms with van der Waals surface area (Å²) >= 11 is 0. The number of aromatic carboxylic acids is 1. The molecule has 2 aromatic rings. The summed E-state index contributed by atoms with van der Waals surface area (Å²) < 4.78 is 26.7. The summed E-state index contributed by atoms with van der Waals surface area (Å²) in [5, 5.41) is 11.5. The molecule has 0 radical (unpaired) electrons. The van der Waals surface area contributed by atoms with Crippen LogP contribution < -0.4 is 5.32 Å². The molecule has 2 N–H and O–H groups in total. The van der Waals surface area contributed by atoms with Gasteiger partial charge in [0.05, 0.1) is 11.3 Å². The highest BCUT2D eigenvalue weighted by Gasteiger charge is 2.14. The number of nitrogens with zero attached hydrogens (tertiary/aromatic N) is 1. The number of anilines is 1. The van der Waals surface area contributed by atoms with Gasteiger partial charge in [0.25, 0.3) is 0 Å². The average Bonchev–Trinajstić information content (AvgIpc) is 2.38. The molecule has 0 aliphatic rings. The van der Waals surface area contributed by atoms with Gasteiger partial charge in [-0.1, -0.05) is 6.07 Å². The van der Waals surface area contributed by atoms with Crippen LogP contribution in [-0.4, -0.2) is 16.1 Å². The number of hydrogen-bond acceptors (Lipinski definition) is 3. The van der Waals surface area contributed by atoms with Crippen molar-refractivity contribution in [1.29, 1.82) is 0 Å². The van der Waals surface area contributed by atoms with E-state index >= 15 is 0 Å². The second-order valence-corrected chi connectivity index (χ2v) is 3.83. The number of nitrogens with one attached hydrogen (secondary N) is 1. The Morgan fingerprint density at radius 1 is 1.32 bits per heavy atom. The van der Waals surface area contributed by atoms with Crippen molar-refractivity contribution >= 4 is 11.7 Å². The van der Waals surface area contributed by atoms with Crippen LogP contribution in [0.5, 0.6) is 0 Å². The molecule has 0 unspecified atom stereocenters. The molecule has 6 heteroatoms. The molecule has 0 spiro atoms. The predicted octanol–water partition coefficient (Wildman–Crippen LogP) is 2.67. The lowest BCUT2D eigenvalue weighted by molar-refractivity contribution is 0.0692. The second-order valence-electron chi connectivity index (χ2n) is 3.83. The van der Waals surface area contributed by atoms with Gasteiger partial charge in [0, 0.05) is 25.0 Å². The minimum absolute atomic E-state index is 0.0670. The van der Waals surface area contributed by atoms with Crippen LogP contribution in [0.2, 0.25) is 0 Å². The average molecular weight is 264 g/mol. The standard InChI is InChI=1S/C13H10F2N2O2/c14-10-5-11(15)12(4-9(10)13(18)19)17-7-8-2-1-3-16-6-8/h1-6,17H,7H2,(H,18,19). The monoisotopic (exact) mass is 264 g/mol. The van der Waals surface area contributed by atoms with Gasteiger partial charge in [-0.05, 0) is 17.7 Å². The molecular weight excluding hydrogens is 254 g/mol. The largest absolute Gasteiger partial charge is 0.478 e.